The van der Waals surface area contributed by atoms with Gasteiger partial charge in [0.05, 0.1) is 0 Å². The van der Waals surface area contributed by atoms with E-state index >= 15 is 0 Å². The minimum absolute atomic E-state index is 0.0153. The zero-order valence-electron chi connectivity index (χ0n) is 9.37. The molecular weight excluding hydrogens is 184 g/mol. The molecule has 1 nitrogen and oxygen atoms in total. The summed E-state index contributed by atoms with van der Waals surface area (Å²) in [6.07, 6.45) is 1.77. The minimum Gasteiger partial charge on any atom is -0.319 e. The molecule has 0 aliphatic heterocycles. The third-order valence-corrected chi connectivity index (χ3v) is 3.38. The fourth-order valence-electron chi connectivity index (χ4n) is 2.44. The summed E-state index contributed by atoms with van der Waals surface area (Å²) in [6, 6.07) is 0. The van der Waals surface area contributed by atoms with Crippen molar-refractivity contribution in [2.45, 2.75) is 45.5 Å². The molecule has 1 unspecified atom stereocenters. The summed E-state index contributed by atoms with van der Waals surface area (Å²) < 4.78 is 26.4. The molecule has 0 heterocycles. The molecule has 14 heavy (non-hydrogen) atoms. The highest BCUT2D eigenvalue weighted by atomic mass is 19.3. The van der Waals surface area contributed by atoms with Gasteiger partial charge in [-0.3, -0.25) is 0 Å². The second-order valence-electron chi connectivity index (χ2n) is 5.17. The minimum atomic E-state index is -2.42. The van der Waals surface area contributed by atoms with Crippen molar-refractivity contribution < 1.29 is 8.78 Å². The Kier molecular flexibility index (Phi) is 3.51. The number of hydrogen-bond donors (Lipinski definition) is 1. The average molecular weight is 205 g/mol. The molecule has 1 aliphatic carbocycles. The second-order valence-corrected chi connectivity index (χ2v) is 5.17. The summed E-state index contributed by atoms with van der Waals surface area (Å²) in [5.74, 6) is -2.27. The van der Waals surface area contributed by atoms with Crippen LogP contribution in [0.1, 0.15) is 39.5 Å². The molecular formula is C11H21F2N. The van der Waals surface area contributed by atoms with Crippen molar-refractivity contribution in [3.63, 3.8) is 0 Å². The molecule has 0 bridgehead atoms. The van der Waals surface area contributed by atoms with Crippen LogP contribution in [-0.2, 0) is 0 Å². The van der Waals surface area contributed by atoms with Gasteiger partial charge in [-0.1, -0.05) is 13.8 Å². The molecule has 1 N–H and O–H groups in total. The van der Waals surface area contributed by atoms with Gasteiger partial charge in [0.1, 0.15) is 0 Å². The van der Waals surface area contributed by atoms with Crippen molar-refractivity contribution in [3.8, 4) is 0 Å². The molecule has 0 radical (unpaired) electrons. The van der Waals surface area contributed by atoms with Crippen molar-refractivity contribution in [2.24, 2.45) is 11.3 Å². The molecule has 0 spiro atoms. The SMILES string of the molecule is CNCC(C)(C)C1CCCC(F)(F)C1. The Morgan fingerprint density at radius 1 is 1.43 bits per heavy atom. The summed E-state index contributed by atoms with van der Waals surface area (Å²) in [4.78, 5) is 0. The first-order valence-corrected chi connectivity index (χ1v) is 5.40. The maximum absolute atomic E-state index is 13.2. The van der Waals surface area contributed by atoms with Crippen LogP contribution in [-0.4, -0.2) is 19.5 Å². The van der Waals surface area contributed by atoms with E-state index in [-0.39, 0.29) is 24.2 Å². The van der Waals surface area contributed by atoms with Crippen LogP contribution in [0, 0.1) is 11.3 Å². The summed E-state index contributed by atoms with van der Waals surface area (Å²) in [6.45, 7) is 4.97. The zero-order valence-corrected chi connectivity index (χ0v) is 9.37. The van der Waals surface area contributed by atoms with Crippen LogP contribution in [0.2, 0.25) is 0 Å². The van der Waals surface area contributed by atoms with Gasteiger partial charge in [0.2, 0.25) is 5.92 Å². The first-order valence-electron chi connectivity index (χ1n) is 5.40. The summed E-state index contributed by atoms with van der Waals surface area (Å²) in [7, 11) is 1.88. The topological polar surface area (TPSA) is 12.0 Å². The first kappa shape index (κ1) is 11.9. The predicted octanol–water partition coefficient (Wildman–Crippen LogP) is 3.06. The lowest BCUT2D eigenvalue weighted by atomic mass is 9.70. The first-order chi connectivity index (χ1) is 6.37. The third-order valence-electron chi connectivity index (χ3n) is 3.38. The summed E-state index contributed by atoms with van der Waals surface area (Å²) in [5.41, 5.74) is -0.0153. The number of nitrogens with one attached hydrogen (secondary N) is 1. The standard InChI is InChI=1S/C11H21F2N/c1-10(2,8-14-3)9-5-4-6-11(12,13)7-9/h9,14H,4-8H2,1-3H3. The van der Waals surface area contributed by atoms with Gasteiger partial charge in [0.15, 0.2) is 0 Å². The van der Waals surface area contributed by atoms with Crippen LogP contribution in [0.4, 0.5) is 8.78 Å². The van der Waals surface area contributed by atoms with Gasteiger partial charge in [0, 0.05) is 19.4 Å². The summed E-state index contributed by atoms with van der Waals surface area (Å²) in [5, 5.41) is 3.09. The van der Waals surface area contributed by atoms with Crippen molar-refractivity contribution in [1.82, 2.24) is 5.32 Å². The van der Waals surface area contributed by atoms with E-state index in [4.69, 9.17) is 0 Å². The Labute approximate surface area is 85.3 Å². The predicted molar refractivity (Wildman–Crippen MR) is 54.6 cm³/mol. The van der Waals surface area contributed by atoms with Crippen LogP contribution in [0.15, 0.2) is 0 Å². The highest BCUT2D eigenvalue weighted by Crippen LogP contribution is 2.44. The highest BCUT2D eigenvalue weighted by Gasteiger charge is 2.41. The van der Waals surface area contributed by atoms with Gasteiger partial charge in [-0.05, 0) is 31.2 Å². The van der Waals surface area contributed by atoms with Crippen LogP contribution >= 0.6 is 0 Å². The maximum Gasteiger partial charge on any atom is 0.248 e. The van der Waals surface area contributed by atoms with Gasteiger partial charge >= 0.3 is 0 Å². The normalized spacial score (nSPS) is 27.6. The molecule has 1 rings (SSSR count). The number of hydrogen-bond acceptors (Lipinski definition) is 1. The molecule has 0 aromatic rings. The molecule has 0 aromatic carbocycles. The van der Waals surface area contributed by atoms with Gasteiger partial charge in [-0.15, -0.1) is 0 Å². The Bertz CT molecular complexity index is 190. The van der Waals surface area contributed by atoms with E-state index in [0.717, 1.165) is 13.0 Å². The van der Waals surface area contributed by atoms with Crippen molar-refractivity contribution in [1.29, 1.82) is 0 Å². The van der Waals surface area contributed by atoms with E-state index in [0.29, 0.717) is 6.42 Å². The molecule has 1 fully saturated rings. The van der Waals surface area contributed by atoms with Crippen LogP contribution in [0.25, 0.3) is 0 Å². The van der Waals surface area contributed by atoms with Gasteiger partial charge in [-0.25, -0.2) is 8.78 Å². The highest BCUT2D eigenvalue weighted by molar-refractivity contribution is 4.87. The van der Waals surface area contributed by atoms with E-state index in [2.05, 4.69) is 19.2 Å². The largest absolute Gasteiger partial charge is 0.319 e. The molecule has 1 aliphatic rings. The molecule has 0 amide bonds. The Morgan fingerprint density at radius 3 is 2.57 bits per heavy atom. The monoisotopic (exact) mass is 205 g/mol. The smallest absolute Gasteiger partial charge is 0.248 e. The zero-order chi connectivity index (χ0) is 10.8. The third kappa shape index (κ3) is 2.91. The quantitative estimate of drug-likeness (QED) is 0.746. The lowest BCUT2D eigenvalue weighted by Gasteiger charge is -2.39. The fourth-order valence-corrected chi connectivity index (χ4v) is 2.44. The lowest BCUT2D eigenvalue weighted by molar-refractivity contribution is -0.0727. The van der Waals surface area contributed by atoms with E-state index in [1.807, 2.05) is 7.05 Å². The lowest BCUT2D eigenvalue weighted by Crippen LogP contribution is -2.39. The number of alkyl halides is 2. The second kappa shape index (κ2) is 4.13. The van der Waals surface area contributed by atoms with Gasteiger partial charge in [-0.2, -0.15) is 0 Å². The number of rotatable bonds is 3. The fraction of sp³-hybridized carbons (Fsp3) is 1.00. The van der Waals surface area contributed by atoms with E-state index in [1.165, 1.54) is 0 Å². The van der Waals surface area contributed by atoms with E-state index in [1.54, 1.807) is 0 Å². The van der Waals surface area contributed by atoms with Gasteiger partial charge in [0.25, 0.3) is 0 Å². The Hall–Kier alpha value is -0.180. The van der Waals surface area contributed by atoms with Crippen molar-refractivity contribution >= 4 is 0 Å². The van der Waals surface area contributed by atoms with Gasteiger partial charge < -0.3 is 5.32 Å². The van der Waals surface area contributed by atoms with E-state index in [9.17, 15) is 8.78 Å². The molecule has 3 heteroatoms. The molecule has 1 atom stereocenters. The van der Waals surface area contributed by atoms with E-state index < -0.39 is 5.92 Å². The van der Waals surface area contributed by atoms with Crippen LogP contribution in [0.3, 0.4) is 0 Å². The molecule has 0 aromatic heterocycles. The maximum atomic E-state index is 13.2. The Balaban J connectivity index is 2.59. The Morgan fingerprint density at radius 2 is 2.07 bits per heavy atom. The summed E-state index contributed by atoms with van der Waals surface area (Å²) >= 11 is 0. The molecule has 0 saturated heterocycles. The van der Waals surface area contributed by atoms with Crippen molar-refractivity contribution in [3.05, 3.63) is 0 Å². The number of halogens is 2. The molecule has 84 valence electrons. The van der Waals surface area contributed by atoms with Crippen LogP contribution in [0.5, 0.6) is 0 Å². The average Bonchev–Trinajstić information content (AvgIpc) is 2.02. The van der Waals surface area contributed by atoms with Crippen LogP contribution < -0.4 is 5.32 Å². The molecule has 1 saturated carbocycles. The van der Waals surface area contributed by atoms with Crippen molar-refractivity contribution in [2.75, 3.05) is 13.6 Å².